The maximum atomic E-state index is 8.81. The molecule has 98 valence electrons. The predicted molar refractivity (Wildman–Crippen MR) is 72.0 cm³/mol. The average Bonchev–Trinajstić information content (AvgIpc) is 2.46. The molecule has 1 aromatic heterocycles. The summed E-state index contributed by atoms with van der Waals surface area (Å²) < 4.78 is 0. The highest BCUT2D eigenvalue weighted by molar-refractivity contribution is 6.01. The van der Waals surface area contributed by atoms with Gasteiger partial charge in [0.15, 0.2) is 5.84 Å². The minimum Gasteiger partial charge on any atom is -0.409 e. The fourth-order valence-corrected chi connectivity index (χ4v) is 2.46. The Hall–Kier alpha value is -1.78. The van der Waals surface area contributed by atoms with Gasteiger partial charge in [-0.3, -0.25) is 0 Å². The van der Waals surface area contributed by atoms with E-state index in [0.717, 1.165) is 24.8 Å². The average molecular weight is 248 g/mol. The van der Waals surface area contributed by atoms with Crippen molar-refractivity contribution in [2.24, 2.45) is 16.8 Å². The standard InChI is InChI=1S/C13H20N4O/c1-2-10-5-8-17(9-6-10)13-11(12(14)16-18)4-3-7-15-13/h3-4,7,10,18H,2,5-6,8-9H2,1H3,(H2,14,16). The number of aromatic nitrogens is 1. The third-order valence-corrected chi connectivity index (χ3v) is 3.66. The lowest BCUT2D eigenvalue weighted by molar-refractivity contribution is 0.318. The van der Waals surface area contributed by atoms with Crippen molar-refractivity contribution in [2.75, 3.05) is 18.0 Å². The van der Waals surface area contributed by atoms with Crippen LogP contribution >= 0.6 is 0 Å². The highest BCUT2D eigenvalue weighted by atomic mass is 16.4. The third kappa shape index (κ3) is 2.55. The Bertz CT molecular complexity index is 425. The van der Waals surface area contributed by atoms with Crippen molar-refractivity contribution >= 4 is 11.7 Å². The molecule has 0 aliphatic carbocycles. The van der Waals surface area contributed by atoms with E-state index in [1.165, 1.54) is 19.3 Å². The molecule has 5 heteroatoms. The van der Waals surface area contributed by atoms with Gasteiger partial charge in [0.2, 0.25) is 0 Å². The van der Waals surface area contributed by atoms with E-state index in [-0.39, 0.29) is 5.84 Å². The second-order valence-corrected chi connectivity index (χ2v) is 4.70. The molecule has 3 N–H and O–H groups in total. The van der Waals surface area contributed by atoms with E-state index in [0.29, 0.717) is 5.56 Å². The zero-order valence-corrected chi connectivity index (χ0v) is 10.7. The van der Waals surface area contributed by atoms with Crippen LogP contribution in [0.5, 0.6) is 0 Å². The summed E-state index contributed by atoms with van der Waals surface area (Å²) in [5.74, 6) is 1.76. The minimum atomic E-state index is 0.121. The van der Waals surface area contributed by atoms with Crippen LogP contribution in [-0.4, -0.2) is 29.1 Å². The van der Waals surface area contributed by atoms with Crippen LogP contribution < -0.4 is 10.6 Å². The molecule has 0 aromatic carbocycles. The van der Waals surface area contributed by atoms with Gasteiger partial charge < -0.3 is 15.8 Å². The number of pyridine rings is 1. The van der Waals surface area contributed by atoms with Gasteiger partial charge in [-0.05, 0) is 30.9 Å². The highest BCUT2D eigenvalue weighted by Gasteiger charge is 2.21. The summed E-state index contributed by atoms with van der Waals surface area (Å²) in [6, 6.07) is 3.64. The molecule has 1 aliphatic rings. The number of hydrogen-bond acceptors (Lipinski definition) is 4. The van der Waals surface area contributed by atoms with Crippen molar-refractivity contribution in [1.82, 2.24) is 4.98 Å². The lowest BCUT2D eigenvalue weighted by Crippen LogP contribution is -2.35. The van der Waals surface area contributed by atoms with Gasteiger partial charge in [0.25, 0.3) is 0 Å². The fourth-order valence-electron chi connectivity index (χ4n) is 2.46. The first-order chi connectivity index (χ1) is 8.76. The van der Waals surface area contributed by atoms with Crippen molar-refractivity contribution in [2.45, 2.75) is 26.2 Å². The molecular weight excluding hydrogens is 228 g/mol. The maximum Gasteiger partial charge on any atom is 0.173 e. The number of amidine groups is 1. The second kappa shape index (κ2) is 5.71. The smallest absolute Gasteiger partial charge is 0.173 e. The van der Waals surface area contributed by atoms with Crippen molar-refractivity contribution in [3.05, 3.63) is 23.9 Å². The molecule has 2 heterocycles. The molecular formula is C13H20N4O. The lowest BCUT2D eigenvalue weighted by atomic mass is 9.94. The van der Waals surface area contributed by atoms with Crippen LogP contribution in [0.2, 0.25) is 0 Å². The van der Waals surface area contributed by atoms with E-state index < -0.39 is 0 Å². The monoisotopic (exact) mass is 248 g/mol. The van der Waals surface area contributed by atoms with Crippen LogP contribution in [-0.2, 0) is 0 Å². The van der Waals surface area contributed by atoms with E-state index in [9.17, 15) is 0 Å². The number of nitrogens with two attached hydrogens (primary N) is 1. The van der Waals surface area contributed by atoms with E-state index in [2.05, 4.69) is 22.0 Å². The van der Waals surface area contributed by atoms with Crippen molar-refractivity contribution in [1.29, 1.82) is 0 Å². The molecule has 1 saturated heterocycles. The number of oxime groups is 1. The molecule has 5 nitrogen and oxygen atoms in total. The van der Waals surface area contributed by atoms with Crippen LogP contribution in [0.15, 0.2) is 23.5 Å². The summed E-state index contributed by atoms with van der Waals surface area (Å²) in [4.78, 5) is 6.60. The zero-order valence-electron chi connectivity index (χ0n) is 10.7. The number of anilines is 1. The molecule has 0 amide bonds. The molecule has 2 rings (SSSR count). The van der Waals surface area contributed by atoms with Crippen LogP contribution in [0, 0.1) is 5.92 Å². The summed E-state index contributed by atoms with van der Waals surface area (Å²) in [6.45, 7) is 4.21. The van der Waals surface area contributed by atoms with Crippen LogP contribution in [0.1, 0.15) is 31.7 Å². The van der Waals surface area contributed by atoms with Crippen molar-refractivity contribution in [3.63, 3.8) is 0 Å². The number of piperidine rings is 1. The summed E-state index contributed by atoms with van der Waals surface area (Å²) in [5, 5.41) is 11.9. The van der Waals surface area contributed by atoms with Gasteiger partial charge in [-0.25, -0.2) is 4.98 Å². The van der Waals surface area contributed by atoms with E-state index in [1.807, 2.05) is 6.07 Å². The topological polar surface area (TPSA) is 74.7 Å². The molecule has 0 atom stereocenters. The van der Waals surface area contributed by atoms with Crippen LogP contribution in [0.3, 0.4) is 0 Å². The Balaban J connectivity index is 2.19. The Kier molecular flexibility index (Phi) is 4.02. The van der Waals surface area contributed by atoms with Gasteiger partial charge in [0.05, 0.1) is 5.56 Å². The summed E-state index contributed by atoms with van der Waals surface area (Å²) in [6.07, 6.45) is 5.35. The molecule has 0 spiro atoms. The van der Waals surface area contributed by atoms with Crippen molar-refractivity contribution < 1.29 is 5.21 Å². The molecule has 1 fully saturated rings. The molecule has 0 bridgehead atoms. The molecule has 0 unspecified atom stereocenters. The first-order valence-electron chi connectivity index (χ1n) is 6.44. The van der Waals surface area contributed by atoms with Gasteiger partial charge in [0.1, 0.15) is 5.82 Å². The molecule has 18 heavy (non-hydrogen) atoms. The molecule has 0 saturated carbocycles. The third-order valence-electron chi connectivity index (χ3n) is 3.66. The van der Waals surface area contributed by atoms with Gasteiger partial charge >= 0.3 is 0 Å². The number of rotatable bonds is 3. The summed E-state index contributed by atoms with van der Waals surface area (Å²) in [7, 11) is 0. The Labute approximate surface area is 107 Å². The zero-order chi connectivity index (χ0) is 13.0. The molecule has 1 aliphatic heterocycles. The summed E-state index contributed by atoms with van der Waals surface area (Å²) in [5.41, 5.74) is 6.39. The quantitative estimate of drug-likeness (QED) is 0.370. The summed E-state index contributed by atoms with van der Waals surface area (Å²) >= 11 is 0. The second-order valence-electron chi connectivity index (χ2n) is 4.70. The fraction of sp³-hybridized carbons (Fsp3) is 0.538. The largest absolute Gasteiger partial charge is 0.409 e. The van der Waals surface area contributed by atoms with Crippen molar-refractivity contribution in [3.8, 4) is 0 Å². The predicted octanol–water partition coefficient (Wildman–Crippen LogP) is 1.80. The van der Waals surface area contributed by atoms with E-state index >= 15 is 0 Å². The Morgan fingerprint density at radius 2 is 2.28 bits per heavy atom. The van der Waals surface area contributed by atoms with Gasteiger partial charge in [-0.2, -0.15) is 0 Å². The van der Waals surface area contributed by atoms with E-state index in [1.54, 1.807) is 12.3 Å². The first kappa shape index (κ1) is 12.7. The van der Waals surface area contributed by atoms with Crippen LogP contribution in [0.25, 0.3) is 0 Å². The molecule has 1 aromatic rings. The first-order valence-corrected chi connectivity index (χ1v) is 6.44. The molecule has 0 radical (unpaired) electrons. The Morgan fingerprint density at radius 1 is 1.56 bits per heavy atom. The van der Waals surface area contributed by atoms with Gasteiger partial charge in [-0.15, -0.1) is 0 Å². The van der Waals surface area contributed by atoms with Crippen LogP contribution in [0.4, 0.5) is 5.82 Å². The van der Waals surface area contributed by atoms with E-state index in [4.69, 9.17) is 10.9 Å². The number of nitrogens with zero attached hydrogens (tertiary/aromatic N) is 3. The maximum absolute atomic E-state index is 8.81. The van der Waals surface area contributed by atoms with Gasteiger partial charge in [0, 0.05) is 19.3 Å². The van der Waals surface area contributed by atoms with Gasteiger partial charge in [-0.1, -0.05) is 18.5 Å². The highest BCUT2D eigenvalue weighted by Crippen LogP contribution is 2.25. The minimum absolute atomic E-state index is 0.121. The normalized spacial score (nSPS) is 18.1. The number of hydrogen-bond donors (Lipinski definition) is 2. The Morgan fingerprint density at radius 3 is 2.89 bits per heavy atom. The SMILES string of the molecule is CCC1CCN(c2ncccc2C(N)=NO)CC1. The lowest BCUT2D eigenvalue weighted by Gasteiger charge is -2.33.